The minimum absolute atomic E-state index is 0.321. The fraction of sp³-hybridized carbons (Fsp3) is 0.571. The maximum Gasteiger partial charge on any atom is 0.0505 e. The highest BCUT2D eigenvalue weighted by molar-refractivity contribution is 5.31. The predicted octanol–water partition coefficient (Wildman–Crippen LogP) is 2.23. The molecule has 1 saturated heterocycles. The van der Waals surface area contributed by atoms with Gasteiger partial charge in [-0.15, -0.1) is 0 Å². The smallest absolute Gasteiger partial charge is 0.0505 e. The van der Waals surface area contributed by atoms with E-state index in [0.717, 1.165) is 12.5 Å². The van der Waals surface area contributed by atoms with Crippen LogP contribution >= 0.6 is 0 Å². The van der Waals surface area contributed by atoms with Crippen LogP contribution in [0.25, 0.3) is 0 Å². The van der Waals surface area contributed by atoms with Gasteiger partial charge < -0.3 is 5.73 Å². The third-order valence-corrected chi connectivity index (χ3v) is 4.01. The number of likely N-dealkylation sites (tertiary alicyclic amines) is 1. The van der Waals surface area contributed by atoms with Gasteiger partial charge in [0.05, 0.1) is 6.04 Å². The molecule has 1 heterocycles. The molecule has 2 fully saturated rings. The Morgan fingerprint density at radius 3 is 2.62 bits per heavy atom. The van der Waals surface area contributed by atoms with Crippen molar-refractivity contribution in [3.63, 3.8) is 0 Å². The van der Waals surface area contributed by atoms with Crippen molar-refractivity contribution >= 4 is 0 Å². The molecule has 0 radical (unpaired) electrons. The molecule has 1 aliphatic carbocycles. The van der Waals surface area contributed by atoms with Gasteiger partial charge in [-0.3, -0.25) is 4.90 Å². The van der Waals surface area contributed by atoms with Gasteiger partial charge in [0.1, 0.15) is 0 Å². The molecule has 1 saturated carbocycles. The zero-order valence-corrected chi connectivity index (χ0v) is 9.89. The number of aryl methyl sites for hydroxylation is 1. The molecule has 16 heavy (non-hydrogen) atoms. The van der Waals surface area contributed by atoms with Crippen LogP contribution < -0.4 is 5.73 Å². The first-order chi connectivity index (χ1) is 7.77. The Labute approximate surface area is 97.4 Å². The van der Waals surface area contributed by atoms with Gasteiger partial charge in [0.25, 0.3) is 0 Å². The molecule has 2 heteroatoms. The summed E-state index contributed by atoms with van der Waals surface area (Å²) in [5, 5.41) is 0. The molecule has 0 aromatic heterocycles. The lowest BCUT2D eigenvalue weighted by Gasteiger charge is -2.28. The maximum atomic E-state index is 6.29. The molecule has 1 aromatic carbocycles. The van der Waals surface area contributed by atoms with Gasteiger partial charge in [0, 0.05) is 18.6 Å². The van der Waals surface area contributed by atoms with Crippen molar-refractivity contribution in [2.75, 3.05) is 6.54 Å². The minimum atomic E-state index is 0.321. The molecule has 2 atom stereocenters. The van der Waals surface area contributed by atoms with Crippen LogP contribution in [0.4, 0.5) is 0 Å². The summed E-state index contributed by atoms with van der Waals surface area (Å²) in [5.41, 5.74) is 9.12. The van der Waals surface area contributed by atoms with E-state index >= 15 is 0 Å². The highest BCUT2D eigenvalue weighted by atomic mass is 15.2. The molecule has 0 bridgehead atoms. The number of nitrogens with zero attached hydrogens (tertiary/aromatic N) is 1. The van der Waals surface area contributed by atoms with Crippen molar-refractivity contribution in [3.8, 4) is 0 Å². The lowest BCUT2D eigenvalue weighted by molar-refractivity contribution is 0.237. The van der Waals surface area contributed by atoms with E-state index in [1.165, 1.54) is 30.5 Å². The maximum absolute atomic E-state index is 6.29. The fourth-order valence-electron chi connectivity index (χ4n) is 2.98. The Balaban J connectivity index is 1.93. The standard InChI is InChI=1S/C14H20N2/c1-10-4-2-3-5-12(10)14-13(15)8-9-16(14)11-6-7-11/h2-5,11,13-14H,6-9,15H2,1H3. The quantitative estimate of drug-likeness (QED) is 0.821. The Kier molecular flexibility index (Phi) is 2.49. The van der Waals surface area contributed by atoms with Crippen LogP contribution in [-0.4, -0.2) is 23.5 Å². The summed E-state index contributed by atoms with van der Waals surface area (Å²) in [4.78, 5) is 2.63. The van der Waals surface area contributed by atoms with E-state index in [2.05, 4.69) is 36.1 Å². The van der Waals surface area contributed by atoms with E-state index in [4.69, 9.17) is 5.73 Å². The van der Waals surface area contributed by atoms with Crippen molar-refractivity contribution in [2.45, 2.75) is 44.3 Å². The molecular formula is C14H20N2. The van der Waals surface area contributed by atoms with E-state index in [9.17, 15) is 0 Å². The van der Waals surface area contributed by atoms with Crippen molar-refractivity contribution in [3.05, 3.63) is 35.4 Å². The zero-order chi connectivity index (χ0) is 11.1. The molecule has 0 spiro atoms. The minimum Gasteiger partial charge on any atom is -0.326 e. The highest BCUT2D eigenvalue weighted by Gasteiger charge is 2.41. The number of benzene rings is 1. The lowest BCUT2D eigenvalue weighted by Crippen LogP contribution is -2.33. The third kappa shape index (κ3) is 1.66. The second-order valence-electron chi connectivity index (χ2n) is 5.22. The first-order valence-electron chi connectivity index (χ1n) is 6.34. The summed E-state index contributed by atoms with van der Waals surface area (Å²) < 4.78 is 0. The van der Waals surface area contributed by atoms with Crippen molar-refractivity contribution in [2.24, 2.45) is 5.73 Å². The molecule has 86 valence electrons. The lowest BCUT2D eigenvalue weighted by atomic mass is 9.96. The van der Waals surface area contributed by atoms with Gasteiger partial charge in [-0.25, -0.2) is 0 Å². The Morgan fingerprint density at radius 2 is 1.94 bits per heavy atom. The van der Waals surface area contributed by atoms with E-state index in [1.807, 2.05) is 0 Å². The summed E-state index contributed by atoms with van der Waals surface area (Å²) in [7, 11) is 0. The van der Waals surface area contributed by atoms with Crippen LogP contribution in [0.1, 0.15) is 36.4 Å². The van der Waals surface area contributed by atoms with Crippen LogP contribution in [-0.2, 0) is 0 Å². The fourth-order valence-corrected chi connectivity index (χ4v) is 2.98. The van der Waals surface area contributed by atoms with E-state index in [-0.39, 0.29) is 0 Å². The van der Waals surface area contributed by atoms with Gasteiger partial charge in [0.2, 0.25) is 0 Å². The summed E-state index contributed by atoms with van der Waals surface area (Å²) >= 11 is 0. The van der Waals surface area contributed by atoms with Crippen LogP contribution in [0.15, 0.2) is 24.3 Å². The normalized spacial score (nSPS) is 30.9. The SMILES string of the molecule is Cc1ccccc1C1C(N)CCN1C1CC1. The van der Waals surface area contributed by atoms with Crippen molar-refractivity contribution in [1.29, 1.82) is 0 Å². The van der Waals surface area contributed by atoms with Crippen LogP contribution in [0.3, 0.4) is 0 Å². The van der Waals surface area contributed by atoms with Crippen molar-refractivity contribution < 1.29 is 0 Å². The average Bonchev–Trinajstić information content (AvgIpc) is 3.04. The molecule has 2 unspecified atom stereocenters. The van der Waals surface area contributed by atoms with Crippen LogP contribution in [0, 0.1) is 6.92 Å². The topological polar surface area (TPSA) is 29.3 Å². The third-order valence-electron chi connectivity index (χ3n) is 4.01. The molecular weight excluding hydrogens is 196 g/mol. The predicted molar refractivity (Wildman–Crippen MR) is 66.2 cm³/mol. The Morgan fingerprint density at radius 1 is 1.19 bits per heavy atom. The number of nitrogens with two attached hydrogens (primary N) is 1. The molecule has 3 rings (SSSR count). The molecule has 1 aliphatic heterocycles. The van der Waals surface area contributed by atoms with Gasteiger partial charge in [-0.2, -0.15) is 0 Å². The van der Waals surface area contributed by atoms with Gasteiger partial charge >= 0.3 is 0 Å². The zero-order valence-electron chi connectivity index (χ0n) is 9.89. The average molecular weight is 216 g/mol. The van der Waals surface area contributed by atoms with Crippen LogP contribution in [0.5, 0.6) is 0 Å². The highest BCUT2D eigenvalue weighted by Crippen LogP contribution is 2.40. The largest absolute Gasteiger partial charge is 0.326 e. The molecule has 2 nitrogen and oxygen atoms in total. The number of hydrogen-bond donors (Lipinski definition) is 1. The Bertz CT molecular complexity index is 384. The van der Waals surface area contributed by atoms with Gasteiger partial charge in [-0.05, 0) is 37.3 Å². The van der Waals surface area contributed by atoms with Crippen molar-refractivity contribution in [1.82, 2.24) is 4.90 Å². The van der Waals surface area contributed by atoms with E-state index < -0.39 is 0 Å². The van der Waals surface area contributed by atoms with Crippen LogP contribution in [0.2, 0.25) is 0 Å². The molecule has 2 N–H and O–H groups in total. The summed E-state index contributed by atoms with van der Waals surface area (Å²) in [6, 6.07) is 10.3. The first kappa shape index (κ1) is 10.3. The van der Waals surface area contributed by atoms with E-state index in [0.29, 0.717) is 12.1 Å². The molecule has 0 amide bonds. The summed E-state index contributed by atoms with van der Waals surface area (Å²) in [6.45, 7) is 3.39. The van der Waals surface area contributed by atoms with Gasteiger partial charge in [-0.1, -0.05) is 24.3 Å². The monoisotopic (exact) mass is 216 g/mol. The number of hydrogen-bond acceptors (Lipinski definition) is 2. The second-order valence-corrected chi connectivity index (χ2v) is 5.22. The number of rotatable bonds is 2. The Hall–Kier alpha value is -0.860. The first-order valence-corrected chi connectivity index (χ1v) is 6.34. The van der Waals surface area contributed by atoms with E-state index in [1.54, 1.807) is 0 Å². The summed E-state index contributed by atoms with van der Waals surface area (Å²) in [5.74, 6) is 0. The summed E-state index contributed by atoms with van der Waals surface area (Å²) in [6.07, 6.45) is 3.89. The molecule has 1 aromatic rings. The second kappa shape index (κ2) is 3.86. The van der Waals surface area contributed by atoms with Gasteiger partial charge in [0.15, 0.2) is 0 Å². The molecule has 2 aliphatic rings.